The zero-order valence-corrected chi connectivity index (χ0v) is 18.3. The first-order valence-electron chi connectivity index (χ1n) is 8.62. The standard InChI is InChI=1S/C19H18Cl2N4O2S.ClH/c20-13-1-6-17(18(21)7-13)19(10-25-12-23-11-24-25)26-8-15(27-19)9-28-16-4-2-14(22)3-5-16;/h1-7,11-12,15H,8-10,22H2;1H. The molecule has 2 unspecified atom stereocenters. The highest BCUT2D eigenvalue weighted by Gasteiger charge is 2.45. The molecule has 2 heterocycles. The quantitative estimate of drug-likeness (QED) is 0.415. The normalized spacial score (nSPS) is 21.1. The van der Waals surface area contributed by atoms with E-state index in [1.54, 1.807) is 34.9 Å². The number of rotatable bonds is 6. The molecule has 0 saturated carbocycles. The Morgan fingerprint density at radius 2 is 2.00 bits per heavy atom. The highest BCUT2D eigenvalue weighted by molar-refractivity contribution is 7.99. The number of thioether (sulfide) groups is 1. The van der Waals surface area contributed by atoms with Crippen molar-refractivity contribution < 1.29 is 9.47 Å². The summed E-state index contributed by atoms with van der Waals surface area (Å²) in [5, 5.41) is 5.22. The summed E-state index contributed by atoms with van der Waals surface area (Å²) in [6.07, 6.45) is 2.98. The van der Waals surface area contributed by atoms with Crippen LogP contribution in [0.25, 0.3) is 0 Å². The number of halogens is 3. The predicted molar refractivity (Wildman–Crippen MR) is 118 cm³/mol. The van der Waals surface area contributed by atoms with Gasteiger partial charge >= 0.3 is 0 Å². The van der Waals surface area contributed by atoms with E-state index in [4.69, 9.17) is 38.4 Å². The smallest absolute Gasteiger partial charge is 0.217 e. The van der Waals surface area contributed by atoms with Crippen LogP contribution >= 0.6 is 47.4 Å². The third-order valence-corrected chi connectivity index (χ3v) is 6.05. The van der Waals surface area contributed by atoms with Crippen LogP contribution in [0.2, 0.25) is 10.0 Å². The largest absolute Gasteiger partial charge is 0.399 e. The lowest BCUT2D eigenvalue weighted by molar-refractivity contribution is -0.186. The van der Waals surface area contributed by atoms with Gasteiger partial charge in [0.05, 0.1) is 17.7 Å². The molecule has 4 rings (SSSR count). The third-order valence-electron chi connectivity index (χ3n) is 4.35. The Bertz CT molecular complexity index is 943. The molecule has 2 aromatic carbocycles. The van der Waals surface area contributed by atoms with Crippen LogP contribution in [-0.4, -0.2) is 33.2 Å². The maximum Gasteiger partial charge on any atom is 0.217 e. The van der Waals surface area contributed by atoms with Gasteiger partial charge < -0.3 is 15.2 Å². The molecule has 1 saturated heterocycles. The second-order valence-corrected chi connectivity index (χ2v) is 8.34. The van der Waals surface area contributed by atoms with Gasteiger partial charge in [-0.05, 0) is 36.4 Å². The van der Waals surface area contributed by atoms with E-state index < -0.39 is 5.79 Å². The molecule has 29 heavy (non-hydrogen) atoms. The van der Waals surface area contributed by atoms with Gasteiger partial charge in [0.25, 0.3) is 0 Å². The van der Waals surface area contributed by atoms with Crippen molar-refractivity contribution in [3.8, 4) is 0 Å². The van der Waals surface area contributed by atoms with Crippen molar-refractivity contribution in [2.75, 3.05) is 18.1 Å². The second kappa shape index (κ2) is 9.55. The van der Waals surface area contributed by atoms with Gasteiger partial charge in [-0.3, -0.25) is 0 Å². The Labute approximate surface area is 189 Å². The summed E-state index contributed by atoms with van der Waals surface area (Å²) < 4.78 is 14.2. The zero-order chi connectivity index (χ0) is 19.6. The van der Waals surface area contributed by atoms with E-state index in [1.807, 2.05) is 30.3 Å². The summed E-state index contributed by atoms with van der Waals surface area (Å²) in [7, 11) is 0. The maximum atomic E-state index is 6.47. The first kappa shape index (κ1) is 22.2. The molecular weight excluding hydrogens is 455 g/mol. The van der Waals surface area contributed by atoms with Crippen molar-refractivity contribution >= 4 is 53.1 Å². The monoisotopic (exact) mass is 472 g/mol. The summed E-state index contributed by atoms with van der Waals surface area (Å²) in [6.45, 7) is 0.771. The van der Waals surface area contributed by atoms with Crippen LogP contribution < -0.4 is 5.73 Å². The third kappa shape index (κ3) is 5.17. The first-order chi connectivity index (χ1) is 13.5. The van der Waals surface area contributed by atoms with Gasteiger partial charge in [0.2, 0.25) is 5.79 Å². The molecule has 10 heteroatoms. The van der Waals surface area contributed by atoms with E-state index in [9.17, 15) is 0 Å². The van der Waals surface area contributed by atoms with Crippen molar-refractivity contribution in [1.29, 1.82) is 0 Å². The molecule has 1 aliphatic heterocycles. The van der Waals surface area contributed by atoms with Crippen molar-refractivity contribution in [3.05, 3.63) is 70.7 Å². The number of benzene rings is 2. The summed E-state index contributed by atoms with van der Waals surface area (Å²) in [5.74, 6) is -0.323. The Kier molecular flexibility index (Phi) is 7.32. The van der Waals surface area contributed by atoms with Gasteiger partial charge in [0, 0.05) is 26.9 Å². The van der Waals surface area contributed by atoms with Gasteiger partial charge in [-0.15, -0.1) is 24.2 Å². The fourth-order valence-electron chi connectivity index (χ4n) is 3.04. The fourth-order valence-corrected chi connectivity index (χ4v) is 4.46. The van der Waals surface area contributed by atoms with Gasteiger partial charge in [-0.1, -0.05) is 29.3 Å². The Balaban J connectivity index is 0.00000240. The molecule has 154 valence electrons. The van der Waals surface area contributed by atoms with Crippen LogP contribution in [0.4, 0.5) is 5.69 Å². The molecule has 3 aromatic rings. The topological polar surface area (TPSA) is 75.2 Å². The molecule has 0 radical (unpaired) electrons. The molecule has 2 atom stereocenters. The van der Waals surface area contributed by atoms with Gasteiger partial charge in [0.1, 0.15) is 19.2 Å². The maximum absolute atomic E-state index is 6.47. The van der Waals surface area contributed by atoms with E-state index in [0.717, 1.165) is 16.3 Å². The van der Waals surface area contributed by atoms with Crippen LogP contribution in [0, 0.1) is 0 Å². The molecule has 1 aliphatic rings. The second-order valence-electron chi connectivity index (χ2n) is 6.40. The minimum absolute atomic E-state index is 0. The minimum Gasteiger partial charge on any atom is -0.399 e. The predicted octanol–water partition coefficient (Wildman–Crippen LogP) is 4.65. The van der Waals surface area contributed by atoms with Crippen molar-refractivity contribution in [1.82, 2.24) is 14.8 Å². The Morgan fingerprint density at radius 3 is 2.69 bits per heavy atom. The lowest BCUT2D eigenvalue weighted by Crippen LogP contribution is -2.34. The number of nitrogens with two attached hydrogens (primary N) is 1. The lowest BCUT2D eigenvalue weighted by atomic mass is 10.1. The van der Waals surface area contributed by atoms with E-state index in [-0.39, 0.29) is 18.5 Å². The molecule has 0 aliphatic carbocycles. The molecule has 1 aromatic heterocycles. The van der Waals surface area contributed by atoms with Crippen molar-refractivity contribution in [2.45, 2.75) is 23.3 Å². The molecule has 0 bridgehead atoms. The van der Waals surface area contributed by atoms with Crippen molar-refractivity contribution in [2.24, 2.45) is 0 Å². The lowest BCUT2D eigenvalue weighted by Gasteiger charge is -2.29. The van der Waals surface area contributed by atoms with Crippen LogP contribution in [0.1, 0.15) is 5.56 Å². The Morgan fingerprint density at radius 1 is 1.21 bits per heavy atom. The highest BCUT2D eigenvalue weighted by atomic mass is 35.5. The number of aromatic nitrogens is 3. The molecule has 0 amide bonds. The van der Waals surface area contributed by atoms with E-state index in [0.29, 0.717) is 28.8 Å². The molecule has 2 N–H and O–H groups in total. The van der Waals surface area contributed by atoms with Crippen LogP contribution in [0.15, 0.2) is 60.0 Å². The summed E-state index contributed by atoms with van der Waals surface area (Å²) in [6, 6.07) is 13.0. The molecular formula is C19H19Cl3N4O2S. The van der Waals surface area contributed by atoms with E-state index >= 15 is 0 Å². The average Bonchev–Trinajstić information content (AvgIpc) is 3.32. The van der Waals surface area contributed by atoms with E-state index in [1.165, 1.54) is 6.33 Å². The van der Waals surface area contributed by atoms with Gasteiger partial charge in [-0.25, -0.2) is 9.67 Å². The SMILES string of the molecule is Cl.Nc1ccc(SCC2COC(Cn3cncn3)(c3ccc(Cl)cc3Cl)O2)cc1. The highest BCUT2D eigenvalue weighted by Crippen LogP contribution is 2.41. The summed E-state index contributed by atoms with van der Waals surface area (Å²) >= 11 is 14.2. The molecule has 0 spiro atoms. The fraction of sp³-hybridized carbons (Fsp3) is 0.263. The minimum atomic E-state index is -1.05. The number of ether oxygens (including phenoxy) is 2. The first-order valence-corrected chi connectivity index (χ1v) is 10.4. The zero-order valence-electron chi connectivity index (χ0n) is 15.2. The van der Waals surface area contributed by atoms with Gasteiger partial charge in [-0.2, -0.15) is 5.10 Å². The molecule has 6 nitrogen and oxygen atoms in total. The summed E-state index contributed by atoms with van der Waals surface area (Å²) in [4.78, 5) is 5.12. The molecule has 1 fully saturated rings. The van der Waals surface area contributed by atoms with Crippen molar-refractivity contribution in [3.63, 3.8) is 0 Å². The number of hydrogen-bond acceptors (Lipinski definition) is 6. The van der Waals surface area contributed by atoms with Gasteiger partial charge in [0.15, 0.2) is 0 Å². The number of nitrogens with zero attached hydrogens (tertiary/aromatic N) is 3. The van der Waals surface area contributed by atoms with E-state index in [2.05, 4.69) is 10.1 Å². The number of hydrogen-bond donors (Lipinski definition) is 1. The number of anilines is 1. The summed E-state index contributed by atoms with van der Waals surface area (Å²) in [5.41, 5.74) is 7.21. The van der Waals surface area contributed by atoms with Crippen LogP contribution in [0.3, 0.4) is 0 Å². The van der Waals surface area contributed by atoms with Crippen LogP contribution in [-0.2, 0) is 21.8 Å². The average molecular weight is 474 g/mol. The Hall–Kier alpha value is -1.48. The number of nitrogen functional groups attached to an aromatic ring is 1. The van der Waals surface area contributed by atoms with Crippen LogP contribution in [0.5, 0.6) is 0 Å².